The fraction of sp³-hybridized carbons (Fsp3) is 0.296. The van der Waals surface area contributed by atoms with Gasteiger partial charge in [0.25, 0.3) is 0 Å². The van der Waals surface area contributed by atoms with Crippen LogP contribution < -0.4 is 9.47 Å². The summed E-state index contributed by atoms with van der Waals surface area (Å²) < 4.78 is 36.6. The third-order valence-corrected chi connectivity index (χ3v) is 7.13. The Labute approximate surface area is 222 Å². The molecule has 1 aliphatic carbocycles. The van der Waals surface area contributed by atoms with Crippen LogP contribution in [-0.4, -0.2) is 31.1 Å². The van der Waals surface area contributed by atoms with Crippen molar-refractivity contribution in [3.05, 3.63) is 83.7 Å². The lowest BCUT2D eigenvalue weighted by atomic mass is 9.79. The van der Waals surface area contributed by atoms with Crippen molar-refractivity contribution in [2.24, 2.45) is 11.8 Å². The molecule has 1 fully saturated rings. The largest absolute Gasteiger partial charge is 0.586 e. The summed E-state index contributed by atoms with van der Waals surface area (Å²) in [5.74, 6) is 0.660. The molecule has 2 aromatic carbocycles. The van der Waals surface area contributed by atoms with Gasteiger partial charge in [0.05, 0.1) is 12.1 Å². The van der Waals surface area contributed by atoms with E-state index in [1.165, 1.54) is 31.4 Å². The average Bonchev–Trinajstić information content (AvgIpc) is 3.25. The van der Waals surface area contributed by atoms with Crippen molar-refractivity contribution in [3.63, 3.8) is 0 Å². The van der Waals surface area contributed by atoms with Crippen LogP contribution in [0.4, 0.5) is 8.78 Å². The van der Waals surface area contributed by atoms with E-state index >= 15 is 0 Å². The predicted octanol–water partition coefficient (Wildman–Crippen LogP) is 5.74. The van der Waals surface area contributed by atoms with Crippen LogP contribution in [-0.2, 0) is 12.1 Å². The number of fused-ring (bicyclic) bond motifs is 1. The van der Waals surface area contributed by atoms with Crippen molar-refractivity contribution in [1.82, 2.24) is 19.7 Å². The first-order valence-electron chi connectivity index (χ1n) is 12.0. The van der Waals surface area contributed by atoms with Gasteiger partial charge in [0.1, 0.15) is 24.3 Å². The lowest BCUT2D eigenvalue weighted by molar-refractivity contribution is -0.286. The van der Waals surface area contributed by atoms with E-state index in [0.717, 1.165) is 5.56 Å². The number of aromatic amines is 1. The molecule has 2 aromatic heterocycles. The van der Waals surface area contributed by atoms with Gasteiger partial charge < -0.3 is 19.6 Å². The first-order chi connectivity index (χ1) is 18.2. The van der Waals surface area contributed by atoms with Gasteiger partial charge in [-0.2, -0.15) is 10.4 Å². The Morgan fingerprint density at radius 3 is 2.63 bits per heavy atom. The number of rotatable bonds is 6. The molecule has 2 aliphatic rings. The summed E-state index contributed by atoms with van der Waals surface area (Å²) in [6.45, 7) is 2.52. The smallest absolute Gasteiger partial charge is 0.395 e. The summed E-state index contributed by atoms with van der Waals surface area (Å²) >= 11 is 5.95. The molecule has 2 N–H and O–H groups in total. The molecule has 4 aromatic rings. The fourth-order valence-corrected chi connectivity index (χ4v) is 4.77. The number of ether oxygens (including phenoxy) is 2. The molecule has 11 heteroatoms. The van der Waals surface area contributed by atoms with Crippen LogP contribution >= 0.6 is 11.6 Å². The highest BCUT2D eigenvalue weighted by atomic mass is 35.5. The lowest BCUT2D eigenvalue weighted by Crippen LogP contribution is -2.39. The number of alkyl halides is 2. The van der Waals surface area contributed by atoms with Crippen LogP contribution in [0.1, 0.15) is 30.9 Å². The second kappa shape index (κ2) is 10.1. The minimum Gasteiger partial charge on any atom is -0.395 e. The number of aliphatic hydroxyl groups is 1. The van der Waals surface area contributed by atoms with Gasteiger partial charge in [0.15, 0.2) is 11.5 Å². The zero-order chi connectivity index (χ0) is 26.9. The van der Waals surface area contributed by atoms with Gasteiger partial charge in [0.2, 0.25) is 0 Å². The van der Waals surface area contributed by atoms with E-state index in [1.54, 1.807) is 29.3 Å². The summed E-state index contributed by atoms with van der Waals surface area (Å²) in [4.78, 5) is 6.71. The van der Waals surface area contributed by atoms with E-state index in [2.05, 4.69) is 31.5 Å². The monoisotopic (exact) mass is 539 g/mol. The number of aromatic nitrogens is 4. The molecule has 0 radical (unpaired) electrons. The Kier molecular flexibility index (Phi) is 6.82. The molecule has 2 atom stereocenters. The maximum Gasteiger partial charge on any atom is 0.586 e. The predicted molar refractivity (Wildman–Crippen MR) is 134 cm³/mol. The Bertz CT molecular complexity index is 1450. The quantitative estimate of drug-likeness (QED) is 0.323. The number of hydrogen-bond acceptors (Lipinski definition) is 6. The average molecular weight is 540 g/mol. The molecule has 1 aliphatic heterocycles. The first kappa shape index (κ1) is 25.7. The zero-order valence-corrected chi connectivity index (χ0v) is 21.1. The molecule has 0 saturated heterocycles. The summed E-state index contributed by atoms with van der Waals surface area (Å²) in [6.07, 6.45) is 4.88. The number of halogens is 3. The van der Waals surface area contributed by atoms with Crippen molar-refractivity contribution in [2.75, 3.05) is 0 Å². The highest BCUT2D eigenvalue weighted by molar-refractivity contribution is 6.30. The van der Waals surface area contributed by atoms with Crippen LogP contribution in [0.2, 0.25) is 5.02 Å². The van der Waals surface area contributed by atoms with Crippen molar-refractivity contribution in [2.45, 2.75) is 38.2 Å². The van der Waals surface area contributed by atoms with Crippen molar-refractivity contribution in [1.29, 1.82) is 5.26 Å². The molecule has 0 amide bonds. The van der Waals surface area contributed by atoms with Crippen LogP contribution in [0, 0.1) is 23.2 Å². The zero-order valence-electron chi connectivity index (χ0n) is 20.3. The van der Waals surface area contributed by atoms with Gasteiger partial charge in [-0.25, -0.2) is 9.67 Å². The Morgan fingerprint density at radius 1 is 1.21 bits per heavy atom. The molecule has 8 nitrogen and oxygen atoms in total. The van der Waals surface area contributed by atoms with Gasteiger partial charge in [-0.05, 0) is 48.4 Å². The molecular formula is C27H24ClF2N5O3. The summed E-state index contributed by atoms with van der Waals surface area (Å²) in [7, 11) is 0. The SMILES string of the molecule is CC(C1CC1)C(O)(Cn1cncn1)c1ccc(Cl)cc1.N#Cc1c[nH]cc1-c1cccc2c1OC(F)(F)O2. The molecule has 2 unspecified atom stereocenters. The van der Waals surface area contributed by atoms with E-state index in [0.29, 0.717) is 34.2 Å². The molecule has 0 spiro atoms. The topological polar surface area (TPSA) is 109 Å². The van der Waals surface area contributed by atoms with Crippen LogP contribution in [0.5, 0.6) is 11.5 Å². The van der Waals surface area contributed by atoms with E-state index in [-0.39, 0.29) is 17.4 Å². The maximum absolute atomic E-state index is 13.0. The summed E-state index contributed by atoms with van der Waals surface area (Å²) in [5, 5.41) is 25.0. The Hall–Kier alpha value is -3.94. The van der Waals surface area contributed by atoms with E-state index < -0.39 is 11.9 Å². The van der Waals surface area contributed by atoms with Gasteiger partial charge in [-0.3, -0.25) is 0 Å². The first-order valence-corrected chi connectivity index (χ1v) is 12.3. The van der Waals surface area contributed by atoms with Crippen LogP contribution in [0.15, 0.2) is 67.5 Å². The number of nitrogens with zero attached hydrogens (tertiary/aromatic N) is 4. The van der Waals surface area contributed by atoms with Gasteiger partial charge in [-0.1, -0.05) is 42.8 Å². The lowest BCUT2D eigenvalue weighted by Gasteiger charge is -2.35. The van der Waals surface area contributed by atoms with E-state index in [1.807, 2.05) is 30.3 Å². The van der Waals surface area contributed by atoms with E-state index in [9.17, 15) is 13.9 Å². The molecule has 3 heterocycles. The summed E-state index contributed by atoms with van der Waals surface area (Å²) in [5.41, 5.74) is 1.18. The van der Waals surface area contributed by atoms with Crippen molar-refractivity contribution < 1.29 is 23.4 Å². The minimum absolute atomic E-state index is 0.0393. The highest BCUT2D eigenvalue weighted by Gasteiger charge is 2.45. The highest BCUT2D eigenvalue weighted by Crippen LogP contribution is 2.48. The number of nitrogens with one attached hydrogen (secondary N) is 1. The second-order valence-electron chi connectivity index (χ2n) is 9.35. The van der Waals surface area contributed by atoms with Gasteiger partial charge in [-0.15, -0.1) is 8.78 Å². The molecule has 6 rings (SSSR count). The number of para-hydroxylation sites is 1. The van der Waals surface area contributed by atoms with Gasteiger partial charge >= 0.3 is 6.29 Å². The Balaban J connectivity index is 0.000000156. The molecule has 0 bridgehead atoms. The summed E-state index contributed by atoms with van der Waals surface area (Å²) in [6, 6.07) is 14.0. The third kappa shape index (κ3) is 5.21. The third-order valence-electron chi connectivity index (χ3n) is 6.88. The Morgan fingerprint density at radius 2 is 1.97 bits per heavy atom. The standard InChI is InChI=1S/C15H18ClN3O.C12H6F2N2O2/c1-11(12-2-3-12)15(20,8-19-10-17-9-18-19)13-4-6-14(16)7-5-13;13-12(14)17-10-3-1-2-8(11(10)18-12)9-6-16-5-7(9)4-15/h4-7,9-12,20H,2-3,8H2,1H3;1-3,5-6,16H. The molecular weight excluding hydrogens is 516 g/mol. The molecule has 38 heavy (non-hydrogen) atoms. The second-order valence-corrected chi connectivity index (χ2v) is 9.78. The minimum atomic E-state index is -3.67. The number of H-pyrrole nitrogens is 1. The number of hydrogen-bond donors (Lipinski definition) is 2. The van der Waals surface area contributed by atoms with Crippen LogP contribution in [0.25, 0.3) is 11.1 Å². The number of nitriles is 1. The normalized spacial score (nSPS) is 17.6. The molecule has 196 valence electrons. The fourth-order valence-electron chi connectivity index (χ4n) is 4.64. The van der Waals surface area contributed by atoms with Crippen LogP contribution in [0.3, 0.4) is 0 Å². The van der Waals surface area contributed by atoms with Gasteiger partial charge in [0, 0.05) is 28.5 Å². The number of benzene rings is 2. The van der Waals surface area contributed by atoms with Crippen molar-refractivity contribution in [3.8, 4) is 28.7 Å². The molecule has 1 saturated carbocycles. The maximum atomic E-state index is 13.0. The van der Waals surface area contributed by atoms with E-state index in [4.69, 9.17) is 16.9 Å². The van der Waals surface area contributed by atoms with Crippen molar-refractivity contribution >= 4 is 11.6 Å².